The predicted molar refractivity (Wildman–Crippen MR) is 96.5 cm³/mol. The highest BCUT2D eigenvalue weighted by Crippen LogP contribution is 2.31. The van der Waals surface area contributed by atoms with Gasteiger partial charge in [0, 0.05) is 18.2 Å². The molecular weight excluding hydrogens is 356 g/mol. The minimum absolute atomic E-state index is 0.0556. The van der Waals surface area contributed by atoms with Crippen LogP contribution >= 0.6 is 0 Å². The number of carbonyl (C=O) groups excluding carboxylic acids is 3. The fraction of sp³-hybridized carbons (Fsp3) is 0.471. The number of benzene rings is 1. The average Bonchev–Trinajstić information content (AvgIpc) is 3.43. The number of imide groups is 1. The molecule has 27 heavy (non-hydrogen) atoms. The Morgan fingerprint density at radius 2 is 2.04 bits per heavy atom. The smallest absolute Gasteiger partial charge is 0.338 e. The molecule has 0 aromatic heterocycles. The van der Waals surface area contributed by atoms with E-state index in [1.165, 1.54) is 12.1 Å². The molecule has 0 unspecified atom stereocenters. The summed E-state index contributed by atoms with van der Waals surface area (Å²) in [5, 5.41) is 18.8. The number of nitrogens with one attached hydrogen (secondary N) is 3. The molecule has 3 N–H and O–H groups in total. The molecule has 0 saturated heterocycles. The molecule has 0 aliphatic heterocycles. The van der Waals surface area contributed by atoms with Crippen LogP contribution in [0.5, 0.6) is 0 Å². The summed E-state index contributed by atoms with van der Waals surface area (Å²) in [4.78, 5) is 45.8. The lowest BCUT2D eigenvalue weighted by molar-refractivity contribution is -0.384. The van der Waals surface area contributed by atoms with E-state index in [0.717, 1.165) is 18.9 Å². The molecule has 0 bridgehead atoms. The number of anilines is 1. The predicted octanol–water partition coefficient (Wildman–Crippen LogP) is 1.95. The molecule has 1 aromatic carbocycles. The molecule has 0 radical (unpaired) electrons. The van der Waals surface area contributed by atoms with Crippen LogP contribution < -0.4 is 16.0 Å². The third kappa shape index (κ3) is 6.24. The van der Waals surface area contributed by atoms with Gasteiger partial charge < -0.3 is 15.4 Å². The third-order valence-corrected chi connectivity index (χ3v) is 3.94. The van der Waals surface area contributed by atoms with E-state index in [4.69, 9.17) is 4.74 Å². The molecule has 1 aliphatic carbocycles. The van der Waals surface area contributed by atoms with E-state index in [0.29, 0.717) is 12.1 Å². The Labute approximate surface area is 155 Å². The molecule has 146 valence electrons. The van der Waals surface area contributed by atoms with Crippen molar-refractivity contribution in [2.24, 2.45) is 0 Å². The lowest BCUT2D eigenvalue weighted by Gasteiger charge is -2.12. The first-order valence-corrected chi connectivity index (χ1v) is 8.62. The summed E-state index contributed by atoms with van der Waals surface area (Å²) >= 11 is 0. The number of carbonyl (C=O) groups is 3. The summed E-state index contributed by atoms with van der Waals surface area (Å²) in [6, 6.07) is 3.34. The van der Waals surface area contributed by atoms with Gasteiger partial charge in [-0.15, -0.1) is 0 Å². The Balaban J connectivity index is 1.91. The molecule has 1 aromatic rings. The molecule has 3 amide bonds. The van der Waals surface area contributed by atoms with Gasteiger partial charge in [-0.05, 0) is 38.3 Å². The zero-order chi connectivity index (χ0) is 20.0. The highest BCUT2D eigenvalue weighted by atomic mass is 16.6. The van der Waals surface area contributed by atoms with Crippen LogP contribution in [0.2, 0.25) is 0 Å². The molecule has 1 fully saturated rings. The maximum absolute atomic E-state index is 12.0. The van der Waals surface area contributed by atoms with Gasteiger partial charge in [-0.1, -0.05) is 6.92 Å². The van der Waals surface area contributed by atoms with Gasteiger partial charge in [-0.25, -0.2) is 9.59 Å². The lowest BCUT2D eigenvalue weighted by Crippen LogP contribution is -2.44. The second-order valence-corrected chi connectivity index (χ2v) is 6.31. The second-order valence-electron chi connectivity index (χ2n) is 6.31. The van der Waals surface area contributed by atoms with Gasteiger partial charge in [-0.3, -0.25) is 20.2 Å². The van der Waals surface area contributed by atoms with Crippen molar-refractivity contribution >= 4 is 29.3 Å². The minimum atomic E-state index is -0.895. The standard InChI is InChI=1S/C17H22N4O6/c1-3-10(2)18-17(24)20-15(22)9-27-16(23)11-4-7-13(19-12-5-6-12)14(8-11)21(25)26/h4,7-8,10,12,19H,3,5-6,9H2,1-2H3,(H2,18,20,22,24)/t10-/m0/s1. The fourth-order valence-corrected chi connectivity index (χ4v) is 2.12. The Morgan fingerprint density at radius 3 is 2.63 bits per heavy atom. The van der Waals surface area contributed by atoms with Crippen molar-refractivity contribution in [1.82, 2.24) is 10.6 Å². The van der Waals surface area contributed by atoms with E-state index in [9.17, 15) is 24.5 Å². The number of urea groups is 1. The number of rotatable bonds is 8. The van der Waals surface area contributed by atoms with E-state index in [2.05, 4.69) is 10.6 Å². The third-order valence-electron chi connectivity index (χ3n) is 3.94. The number of nitrogens with zero attached hydrogens (tertiary/aromatic N) is 1. The van der Waals surface area contributed by atoms with Crippen LogP contribution in [-0.2, 0) is 9.53 Å². The summed E-state index contributed by atoms with van der Waals surface area (Å²) in [6.45, 7) is 2.97. The molecule has 1 aliphatic rings. The van der Waals surface area contributed by atoms with Crippen LogP contribution in [0.4, 0.5) is 16.2 Å². The van der Waals surface area contributed by atoms with Crippen molar-refractivity contribution < 1.29 is 24.0 Å². The van der Waals surface area contributed by atoms with E-state index in [1.54, 1.807) is 6.92 Å². The maximum Gasteiger partial charge on any atom is 0.338 e. The van der Waals surface area contributed by atoms with E-state index in [-0.39, 0.29) is 23.3 Å². The zero-order valence-electron chi connectivity index (χ0n) is 15.1. The summed E-state index contributed by atoms with van der Waals surface area (Å²) < 4.78 is 4.82. The van der Waals surface area contributed by atoms with E-state index >= 15 is 0 Å². The number of nitro groups is 1. The topological polar surface area (TPSA) is 140 Å². The monoisotopic (exact) mass is 378 g/mol. The van der Waals surface area contributed by atoms with E-state index in [1.807, 2.05) is 12.2 Å². The zero-order valence-corrected chi connectivity index (χ0v) is 15.1. The van der Waals surface area contributed by atoms with Crippen LogP contribution in [0.1, 0.15) is 43.5 Å². The van der Waals surface area contributed by atoms with Crippen molar-refractivity contribution in [3.8, 4) is 0 Å². The van der Waals surface area contributed by atoms with Crippen molar-refractivity contribution in [2.45, 2.75) is 45.2 Å². The molecule has 0 spiro atoms. The van der Waals surface area contributed by atoms with Crippen LogP contribution in [0.3, 0.4) is 0 Å². The highest BCUT2D eigenvalue weighted by Gasteiger charge is 2.26. The molecular formula is C17H22N4O6. The van der Waals surface area contributed by atoms with Gasteiger partial charge >= 0.3 is 12.0 Å². The Hall–Kier alpha value is -3.17. The van der Waals surface area contributed by atoms with Crippen LogP contribution in [0.15, 0.2) is 18.2 Å². The van der Waals surface area contributed by atoms with Gasteiger partial charge in [0.1, 0.15) is 5.69 Å². The minimum Gasteiger partial charge on any atom is -0.452 e. The van der Waals surface area contributed by atoms with Gasteiger partial charge in [-0.2, -0.15) is 0 Å². The van der Waals surface area contributed by atoms with Gasteiger partial charge in [0.25, 0.3) is 11.6 Å². The summed E-state index contributed by atoms with van der Waals surface area (Å²) in [5.74, 6) is -1.70. The number of hydrogen-bond acceptors (Lipinski definition) is 7. The lowest BCUT2D eigenvalue weighted by atomic mass is 10.1. The number of hydrogen-bond donors (Lipinski definition) is 3. The Morgan fingerprint density at radius 1 is 1.33 bits per heavy atom. The summed E-state index contributed by atoms with van der Waals surface area (Å²) in [5.41, 5.74) is 0.0344. The van der Waals surface area contributed by atoms with Crippen molar-refractivity contribution in [2.75, 3.05) is 11.9 Å². The molecule has 10 nitrogen and oxygen atoms in total. The number of amides is 3. The maximum atomic E-state index is 12.0. The van der Waals surface area contributed by atoms with E-state index < -0.39 is 29.4 Å². The van der Waals surface area contributed by atoms with Crippen LogP contribution in [-0.4, -0.2) is 41.5 Å². The average molecular weight is 378 g/mol. The Kier molecular flexibility index (Phi) is 6.69. The quantitative estimate of drug-likeness (QED) is 0.357. The van der Waals surface area contributed by atoms with Crippen LogP contribution in [0.25, 0.3) is 0 Å². The van der Waals surface area contributed by atoms with Crippen molar-refractivity contribution in [3.05, 3.63) is 33.9 Å². The van der Waals surface area contributed by atoms with Crippen molar-refractivity contribution in [3.63, 3.8) is 0 Å². The van der Waals surface area contributed by atoms with Crippen LogP contribution in [0, 0.1) is 10.1 Å². The first-order chi connectivity index (χ1) is 12.8. The SMILES string of the molecule is CC[C@H](C)NC(=O)NC(=O)COC(=O)c1ccc(NC2CC2)c([N+](=O)[O-])c1. The first kappa shape index (κ1) is 20.1. The molecule has 1 atom stereocenters. The summed E-state index contributed by atoms with van der Waals surface area (Å²) in [6.07, 6.45) is 2.59. The molecule has 2 rings (SSSR count). The number of ether oxygens (including phenoxy) is 1. The second kappa shape index (κ2) is 8.97. The Bertz CT molecular complexity index is 747. The summed E-state index contributed by atoms with van der Waals surface area (Å²) in [7, 11) is 0. The van der Waals surface area contributed by atoms with Gasteiger partial charge in [0.05, 0.1) is 10.5 Å². The first-order valence-electron chi connectivity index (χ1n) is 8.62. The molecule has 0 heterocycles. The number of esters is 1. The van der Waals surface area contributed by atoms with Gasteiger partial charge in [0.2, 0.25) is 0 Å². The van der Waals surface area contributed by atoms with Crippen molar-refractivity contribution in [1.29, 1.82) is 0 Å². The largest absolute Gasteiger partial charge is 0.452 e. The highest BCUT2D eigenvalue weighted by molar-refractivity contribution is 5.97. The number of nitro benzene ring substituents is 1. The van der Waals surface area contributed by atoms with Gasteiger partial charge in [0.15, 0.2) is 6.61 Å². The normalized spacial score (nSPS) is 14.0. The molecule has 10 heteroatoms. The fourth-order valence-electron chi connectivity index (χ4n) is 2.12. The molecule has 1 saturated carbocycles.